The Morgan fingerprint density at radius 2 is 1.57 bits per heavy atom. The molecule has 0 atom stereocenters. The number of rotatable bonds is 7. The number of carbonyl (C=O) groups excluding carboxylic acids is 2. The zero-order valence-corrected chi connectivity index (χ0v) is 20.4. The van der Waals surface area contributed by atoms with Crippen molar-refractivity contribution in [3.63, 3.8) is 0 Å². The molecule has 0 amide bonds. The first-order valence-electron chi connectivity index (χ1n) is 11.1. The second kappa shape index (κ2) is 12.3. The first-order valence-corrected chi connectivity index (χ1v) is 11.1. The van der Waals surface area contributed by atoms with E-state index in [2.05, 4.69) is 9.97 Å². The van der Waals surface area contributed by atoms with Gasteiger partial charge in [0, 0.05) is 31.6 Å². The van der Waals surface area contributed by atoms with Crippen LogP contribution in [0.5, 0.6) is 0 Å². The van der Waals surface area contributed by atoms with Gasteiger partial charge in [0.2, 0.25) is 23.4 Å². The Morgan fingerprint density at radius 1 is 0.950 bits per heavy atom. The molecule has 19 heteroatoms. The number of aromatic nitrogens is 8. The summed E-state index contributed by atoms with van der Waals surface area (Å²) in [6, 6.07) is 0. The van der Waals surface area contributed by atoms with Crippen molar-refractivity contribution in [1.29, 1.82) is 0 Å². The SMILES string of the molecule is Cc1nccn1CCC(=O)n1c(=O)[nH]cc(F)c1=O.O=C(CCn1ccnc1[N+](=O)[O-])n1cc(F)c(=O)[nH]c1=O. The van der Waals surface area contributed by atoms with Crippen LogP contribution in [0, 0.1) is 28.7 Å². The van der Waals surface area contributed by atoms with Gasteiger partial charge in [-0.3, -0.25) is 24.2 Å². The van der Waals surface area contributed by atoms with Crippen LogP contribution in [0.3, 0.4) is 0 Å². The van der Waals surface area contributed by atoms with E-state index >= 15 is 0 Å². The monoisotopic (exact) mass is 563 g/mol. The minimum Gasteiger partial charge on any atom is -0.390 e. The number of H-pyrrole nitrogens is 2. The number of nitrogens with zero attached hydrogens (tertiary/aromatic N) is 7. The fraction of sp³-hybridized carbons (Fsp3) is 0.238. The summed E-state index contributed by atoms with van der Waals surface area (Å²) < 4.78 is 29.5. The number of hydrogen-bond acceptors (Lipinski definition) is 10. The zero-order valence-electron chi connectivity index (χ0n) is 20.4. The normalized spacial score (nSPS) is 10.6. The predicted octanol–water partition coefficient (Wildman–Crippen LogP) is -0.578. The van der Waals surface area contributed by atoms with Crippen LogP contribution in [0.4, 0.5) is 14.7 Å². The Balaban J connectivity index is 0.000000222. The topological polar surface area (TPSA) is 223 Å². The molecule has 17 nitrogen and oxygen atoms in total. The lowest BCUT2D eigenvalue weighted by atomic mass is 10.3. The minimum atomic E-state index is -1.28. The molecule has 4 aromatic heterocycles. The summed E-state index contributed by atoms with van der Waals surface area (Å²) in [4.78, 5) is 89.5. The van der Waals surface area contributed by atoms with Crippen molar-refractivity contribution in [2.45, 2.75) is 32.9 Å². The molecule has 0 spiro atoms. The number of halogens is 2. The quantitative estimate of drug-likeness (QED) is 0.215. The lowest BCUT2D eigenvalue weighted by Gasteiger charge is -2.05. The third-order valence-electron chi connectivity index (χ3n) is 5.26. The highest BCUT2D eigenvalue weighted by molar-refractivity contribution is 5.78. The van der Waals surface area contributed by atoms with E-state index < -0.39 is 56.8 Å². The Morgan fingerprint density at radius 3 is 2.23 bits per heavy atom. The van der Waals surface area contributed by atoms with E-state index in [9.17, 15) is 47.7 Å². The van der Waals surface area contributed by atoms with E-state index in [0.29, 0.717) is 22.8 Å². The van der Waals surface area contributed by atoms with E-state index in [1.54, 1.807) is 28.9 Å². The van der Waals surface area contributed by atoms with Gasteiger partial charge in [-0.25, -0.2) is 23.7 Å². The number of aromatic amines is 2. The molecule has 0 radical (unpaired) electrons. The van der Waals surface area contributed by atoms with E-state index in [1.165, 1.54) is 12.4 Å². The van der Waals surface area contributed by atoms with Gasteiger partial charge in [-0.15, -0.1) is 0 Å². The Hall–Kier alpha value is -5.62. The fourth-order valence-electron chi connectivity index (χ4n) is 3.26. The maximum Gasteiger partial charge on any atom is 0.434 e. The van der Waals surface area contributed by atoms with Crippen molar-refractivity contribution in [1.82, 2.24) is 38.2 Å². The molecule has 0 aliphatic heterocycles. The summed E-state index contributed by atoms with van der Waals surface area (Å²) in [6.07, 6.45) is 6.41. The molecular weight excluding hydrogens is 544 g/mol. The standard InChI is InChI=1S/C11H11FN4O3.C10H8FN5O5/c1-7-13-3-5-15(7)4-2-9(17)16-10(18)8(12)6-14-11(16)19;11-6-5-15(10(19)13-8(6)18)7(17)1-3-14-4-2-12-9(14)16(20)21/h3,5-6H,2,4H2,1H3,(H,14,19);2,4-5H,1,3H2,(H,13,18,19). The van der Waals surface area contributed by atoms with Gasteiger partial charge in [0.25, 0.3) is 11.1 Å². The van der Waals surface area contributed by atoms with Crippen LogP contribution in [0.1, 0.15) is 28.3 Å². The van der Waals surface area contributed by atoms with Gasteiger partial charge < -0.3 is 19.7 Å². The van der Waals surface area contributed by atoms with Gasteiger partial charge >= 0.3 is 17.3 Å². The molecule has 0 saturated carbocycles. The molecule has 210 valence electrons. The highest BCUT2D eigenvalue weighted by atomic mass is 19.1. The van der Waals surface area contributed by atoms with Gasteiger partial charge in [-0.05, 0) is 11.8 Å². The van der Waals surface area contributed by atoms with E-state index in [0.717, 1.165) is 4.57 Å². The summed E-state index contributed by atoms with van der Waals surface area (Å²) in [5.41, 5.74) is -4.49. The van der Waals surface area contributed by atoms with Crippen molar-refractivity contribution in [3.8, 4) is 0 Å². The summed E-state index contributed by atoms with van der Waals surface area (Å²) in [6.45, 7) is 1.89. The molecule has 0 fully saturated rings. The van der Waals surface area contributed by atoms with Gasteiger partial charge in [0.1, 0.15) is 18.2 Å². The molecule has 4 heterocycles. The van der Waals surface area contributed by atoms with E-state index in [4.69, 9.17) is 0 Å². The Kier molecular flexibility index (Phi) is 8.89. The molecule has 0 unspecified atom stereocenters. The number of imidazole rings is 2. The van der Waals surface area contributed by atoms with Gasteiger partial charge in [-0.2, -0.15) is 13.3 Å². The zero-order chi connectivity index (χ0) is 29.6. The van der Waals surface area contributed by atoms with Crippen LogP contribution in [0.2, 0.25) is 0 Å². The second-order valence-corrected chi connectivity index (χ2v) is 7.82. The summed E-state index contributed by atoms with van der Waals surface area (Å²) in [7, 11) is 0. The molecule has 2 N–H and O–H groups in total. The molecule has 0 aromatic carbocycles. The van der Waals surface area contributed by atoms with Crippen LogP contribution < -0.4 is 22.5 Å². The van der Waals surface area contributed by atoms with Crippen LogP contribution in [-0.4, -0.2) is 54.9 Å². The number of nitrogens with one attached hydrogen (secondary N) is 2. The van der Waals surface area contributed by atoms with Crippen LogP contribution >= 0.6 is 0 Å². The number of aryl methyl sites for hydroxylation is 3. The molecular formula is C21H19F2N9O8. The molecule has 4 aromatic rings. The highest BCUT2D eigenvalue weighted by Gasteiger charge is 2.17. The predicted molar refractivity (Wildman–Crippen MR) is 129 cm³/mol. The highest BCUT2D eigenvalue weighted by Crippen LogP contribution is 2.08. The van der Waals surface area contributed by atoms with Gasteiger partial charge in [0.15, 0.2) is 0 Å². The average molecular weight is 563 g/mol. The lowest BCUT2D eigenvalue weighted by Crippen LogP contribution is -2.41. The molecule has 40 heavy (non-hydrogen) atoms. The molecule has 4 rings (SSSR count). The molecule has 0 bridgehead atoms. The van der Waals surface area contributed by atoms with Crippen molar-refractivity contribution in [3.05, 3.63) is 106 Å². The molecule has 0 aliphatic rings. The van der Waals surface area contributed by atoms with Crippen molar-refractivity contribution < 1.29 is 23.3 Å². The summed E-state index contributed by atoms with van der Waals surface area (Å²) in [5, 5.41) is 10.6. The third-order valence-corrected chi connectivity index (χ3v) is 5.26. The van der Waals surface area contributed by atoms with Crippen LogP contribution in [0.25, 0.3) is 0 Å². The van der Waals surface area contributed by atoms with Gasteiger partial charge in [-0.1, -0.05) is 4.98 Å². The molecule has 0 saturated heterocycles. The first-order chi connectivity index (χ1) is 18.9. The largest absolute Gasteiger partial charge is 0.434 e. The number of nitro groups is 1. The van der Waals surface area contributed by atoms with E-state index in [-0.39, 0.29) is 30.5 Å². The Labute approximate surface area is 219 Å². The average Bonchev–Trinajstić information content (AvgIpc) is 3.55. The van der Waals surface area contributed by atoms with Crippen LogP contribution in [-0.2, 0) is 13.1 Å². The van der Waals surface area contributed by atoms with Gasteiger partial charge in [0.05, 0.1) is 19.2 Å². The lowest BCUT2D eigenvalue weighted by molar-refractivity contribution is -0.396. The van der Waals surface area contributed by atoms with E-state index in [1.807, 2.05) is 4.98 Å². The van der Waals surface area contributed by atoms with Crippen LogP contribution in [0.15, 0.2) is 56.4 Å². The third kappa shape index (κ3) is 6.62. The smallest absolute Gasteiger partial charge is 0.390 e. The van der Waals surface area contributed by atoms with Crippen molar-refractivity contribution >= 4 is 17.8 Å². The number of hydrogen-bond donors (Lipinski definition) is 2. The minimum absolute atomic E-state index is 0.108. The second-order valence-electron chi connectivity index (χ2n) is 7.82. The maximum atomic E-state index is 13.0. The number of carbonyl (C=O) groups is 2. The maximum absolute atomic E-state index is 13.0. The summed E-state index contributed by atoms with van der Waals surface area (Å²) in [5.74, 6) is -3.79. The summed E-state index contributed by atoms with van der Waals surface area (Å²) >= 11 is 0. The Bertz CT molecular complexity index is 1810. The first kappa shape index (κ1) is 28.9. The fourth-order valence-corrected chi connectivity index (χ4v) is 3.26. The molecule has 0 aliphatic carbocycles. The van der Waals surface area contributed by atoms with Crippen molar-refractivity contribution in [2.24, 2.45) is 0 Å². The van der Waals surface area contributed by atoms with Crippen molar-refractivity contribution in [2.75, 3.05) is 0 Å².